The Morgan fingerprint density at radius 1 is 1.03 bits per heavy atom. The molecule has 1 aromatic carbocycles. The molecule has 1 aliphatic rings. The lowest BCUT2D eigenvalue weighted by Gasteiger charge is -2.22. The Morgan fingerprint density at radius 3 is 2.84 bits per heavy atom. The summed E-state index contributed by atoms with van der Waals surface area (Å²) < 4.78 is 4.97. The molecule has 0 radical (unpaired) electrons. The van der Waals surface area contributed by atoms with E-state index in [0.29, 0.717) is 12.6 Å². The van der Waals surface area contributed by atoms with Gasteiger partial charge in [0, 0.05) is 6.04 Å². The van der Waals surface area contributed by atoms with Gasteiger partial charge in [-0.2, -0.15) is 5.10 Å². The van der Waals surface area contributed by atoms with Crippen molar-refractivity contribution in [2.24, 2.45) is 0 Å². The van der Waals surface area contributed by atoms with Gasteiger partial charge in [0.1, 0.15) is 18.2 Å². The van der Waals surface area contributed by atoms with Gasteiger partial charge in [-0.05, 0) is 36.6 Å². The number of anilines is 1. The minimum atomic E-state index is 0.569. The maximum atomic E-state index is 4.79. The summed E-state index contributed by atoms with van der Waals surface area (Å²) in [5.41, 5.74) is 4.80. The Labute approximate surface area is 183 Å². The number of pyridine rings is 1. The molecule has 1 fully saturated rings. The van der Waals surface area contributed by atoms with Crippen molar-refractivity contribution in [3.05, 3.63) is 55.0 Å². The van der Waals surface area contributed by atoms with Crippen molar-refractivity contribution in [3.63, 3.8) is 0 Å². The van der Waals surface area contributed by atoms with Crippen LogP contribution in [0.25, 0.3) is 27.1 Å². The predicted octanol–water partition coefficient (Wildman–Crippen LogP) is 4.41. The predicted molar refractivity (Wildman–Crippen MR) is 122 cm³/mol. The van der Waals surface area contributed by atoms with Crippen LogP contribution in [-0.4, -0.2) is 40.3 Å². The standard InChI is InChI=1S/C22H22N8S/c1-2-4-16(5-3-1)27-22-28-18-7-6-15(8-20(18)31-22)11-29-14-25-19-9-17(10-24-21(19)29)30-13-23-12-26-30/h6-10,12-14,16H,1-5,11H2,(H,27,28). The number of aromatic nitrogens is 7. The number of fused-ring (bicyclic) bond motifs is 2. The Kier molecular flexibility index (Phi) is 4.60. The van der Waals surface area contributed by atoms with Crippen LogP contribution in [0.1, 0.15) is 37.7 Å². The van der Waals surface area contributed by atoms with E-state index >= 15 is 0 Å². The third-order valence-electron chi connectivity index (χ3n) is 5.86. The summed E-state index contributed by atoms with van der Waals surface area (Å²) >= 11 is 1.74. The SMILES string of the molecule is c1ncn(-c2cnc3c(c2)ncn3Cc2ccc3nc(NC4CCCCC4)sc3c2)n1. The number of hydrogen-bond donors (Lipinski definition) is 1. The van der Waals surface area contributed by atoms with Crippen LogP contribution in [0.2, 0.25) is 0 Å². The van der Waals surface area contributed by atoms with Crippen LogP contribution >= 0.6 is 11.3 Å². The van der Waals surface area contributed by atoms with Gasteiger partial charge in [0.05, 0.1) is 35.0 Å². The van der Waals surface area contributed by atoms with Crippen molar-refractivity contribution in [1.29, 1.82) is 0 Å². The normalized spacial score (nSPS) is 15.1. The zero-order valence-corrected chi connectivity index (χ0v) is 17.8. The van der Waals surface area contributed by atoms with Crippen LogP contribution in [0.5, 0.6) is 0 Å². The summed E-state index contributed by atoms with van der Waals surface area (Å²) in [5.74, 6) is 0. The molecule has 9 heteroatoms. The lowest BCUT2D eigenvalue weighted by molar-refractivity contribution is 0.462. The molecular weight excluding hydrogens is 408 g/mol. The minimum absolute atomic E-state index is 0.569. The molecule has 0 atom stereocenters. The summed E-state index contributed by atoms with van der Waals surface area (Å²) in [6.07, 6.45) is 13.3. The quantitative estimate of drug-likeness (QED) is 0.444. The van der Waals surface area contributed by atoms with Crippen LogP contribution < -0.4 is 5.32 Å². The molecule has 4 heterocycles. The second-order valence-corrected chi connectivity index (χ2v) is 9.08. The lowest BCUT2D eigenvalue weighted by Crippen LogP contribution is -2.21. The Hall–Kier alpha value is -3.33. The van der Waals surface area contributed by atoms with E-state index in [4.69, 9.17) is 4.98 Å². The van der Waals surface area contributed by atoms with Gasteiger partial charge in [-0.3, -0.25) is 0 Å². The first kappa shape index (κ1) is 18.4. The van der Waals surface area contributed by atoms with Crippen molar-refractivity contribution in [2.45, 2.75) is 44.7 Å². The van der Waals surface area contributed by atoms with Gasteiger partial charge in [-0.15, -0.1) is 0 Å². The van der Waals surface area contributed by atoms with E-state index in [1.54, 1.807) is 28.5 Å². The fourth-order valence-electron chi connectivity index (χ4n) is 4.27. The number of imidazole rings is 1. The summed E-state index contributed by atoms with van der Waals surface area (Å²) in [5, 5.41) is 8.84. The largest absolute Gasteiger partial charge is 0.359 e. The fourth-order valence-corrected chi connectivity index (χ4v) is 5.27. The van der Waals surface area contributed by atoms with Crippen LogP contribution in [0, 0.1) is 0 Å². The summed E-state index contributed by atoms with van der Waals surface area (Å²) in [7, 11) is 0. The number of rotatable bonds is 5. The maximum absolute atomic E-state index is 4.79. The monoisotopic (exact) mass is 430 g/mol. The molecule has 1 saturated carbocycles. The minimum Gasteiger partial charge on any atom is -0.359 e. The molecule has 0 saturated heterocycles. The Bertz CT molecular complexity index is 1330. The topological polar surface area (TPSA) is 86.3 Å². The lowest BCUT2D eigenvalue weighted by atomic mass is 9.96. The summed E-state index contributed by atoms with van der Waals surface area (Å²) in [4.78, 5) is 17.9. The highest BCUT2D eigenvalue weighted by atomic mass is 32.1. The van der Waals surface area contributed by atoms with Gasteiger partial charge < -0.3 is 9.88 Å². The second kappa shape index (κ2) is 7.73. The number of hydrogen-bond acceptors (Lipinski definition) is 7. The average Bonchev–Trinajstić information content (AvgIpc) is 3.54. The maximum Gasteiger partial charge on any atom is 0.184 e. The molecule has 0 aliphatic heterocycles. The zero-order valence-electron chi connectivity index (χ0n) is 17.0. The summed E-state index contributed by atoms with van der Waals surface area (Å²) in [6.45, 7) is 0.714. The molecule has 0 bridgehead atoms. The van der Waals surface area contributed by atoms with Crippen molar-refractivity contribution >= 4 is 37.8 Å². The molecule has 8 nitrogen and oxygen atoms in total. The van der Waals surface area contributed by atoms with Crippen LogP contribution in [0.15, 0.2) is 49.4 Å². The van der Waals surface area contributed by atoms with Crippen LogP contribution in [0.3, 0.4) is 0 Å². The van der Waals surface area contributed by atoms with Crippen LogP contribution in [-0.2, 0) is 6.54 Å². The molecule has 0 amide bonds. The highest BCUT2D eigenvalue weighted by Gasteiger charge is 2.15. The number of nitrogens with zero attached hydrogens (tertiary/aromatic N) is 7. The average molecular weight is 431 g/mol. The third kappa shape index (κ3) is 3.65. The van der Waals surface area contributed by atoms with Gasteiger partial charge in [-0.1, -0.05) is 36.7 Å². The van der Waals surface area contributed by atoms with E-state index in [1.807, 2.05) is 12.4 Å². The van der Waals surface area contributed by atoms with Crippen molar-refractivity contribution in [2.75, 3.05) is 5.32 Å². The van der Waals surface area contributed by atoms with E-state index in [1.165, 1.54) is 48.7 Å². The second-order valence-electron chi connectivity index (χ2n) is 8.05. The van der Waals surface area contributed by atoms with E-state index in [2.05, 4.69) is 48.1 Å². The number of benzene rings is 1. The molecule has 0 unspecified atom stereocenters. The van der Waals surface area contributed by atoms with Gasteiger partial charge >= 0.3 is 0 Å². The Morgan fingerprint density at radius 2 is 1.97 bits per heavy atom. The number of thiazole rings is 1. The van der Waals surface area contributed by atoms with Gasteiger partial charge in [0.25, 0.3) is 0 Å². The molecule has 5 aromatic rings. The van der Waals surface area contributed by atoms with Crippen LogP contribution in [0.4, 0.5) is 5.13 Å². The summed E-state index contributed by atoms with van der Waals surface area (Å²) in [6, 6.07) is 9.03. The highest BCUT2D eigenvalue weighted by Crippen LogP contribution is 2.30. The van der Waals surface area contributed by atoms with E-state index in [-0.39, 0.29) is 0 Å². The molecule has 1 N–H and O–H groups in total. The third-order valence-corrected chi connectivity index (χ3v) is 6.81. The van der Waals surface area contributed by atoms with Gasteiger partial charge in [-0.25, -0.2) is 24.6 Å². The Balaban J connectivity index is 1.24. The van der Waals surface area contributed by atoms with E-state index in [9.17, 15) is 0 Å². The molecule has 1 aliphatic carbocycles. The molecule has 156 valence electrons. The first-order chi connectivity index (χ1) is 15.3. The van der Waals surface area contributed by atoms with E-state index < -0.39 is 0 Å². The first-order valence-electron chi connectivity index (χ1n) is 10.6. The van der Waals surface area contributed by atoms with E-state index in [0.717, 1.165) is 27.5 Å². The fraction of sp³-hybridized carbons (Fsp3) is 0.318. The number of nitrogens with one attached hydrogen (secondary N) is 1. The van der Waals surface area contributed by atoms with Crippen molar-refractivity contribution < 1.29 is 0 Å². The first-order valence-corrected chi connectivity index (χ1v) is 11.5. The molecular formula is C22H22N8S. The molecule has 0 spiro atoms. The molecule has 6 rings (SSSR count). The molecule has 31 heavy (non-hydrogen) atoms. The van der Waals surface area contributed by atoms with Crippen molar-refractivity contribution in [1.82, 2.24) is 34.3 Å². The van der Waals surface area contributed by atoms with Crippen molar-refractivity contribution in [3.8, 4) is 5.69 Å². The molecule has 4 aromatic heterocycles. The van der Waals surface area contributed by atoms with Gasteiger partial charge in [0.15, 0.2) is 10.8 Å². The van der Waals surface area contributed by atoms with Gasteiger partial charge in [0.2, 0.25) is 0 Å². The zero-order chi connectivity index (χ0) is 20.6. The smallest absolute Gasteiger partial charge is 0.184 e. The highest BCUT2D eigenvalue weighted by molar-refractivity contribution is 7.22.